The zero-order valence-electron chi connectivity index (χ0n) is 17.1. The number of halogens is 1. The molecule has 0 heterocycles. The van der Waals surface area contributed by atoms with Crippen LogP contribution in [0.4, 0.5) is 0 Å². The Kier molecular flexibility index (Phi) is 6.24. The van der Waals surface area contributed by atoms with E-state index in [2.05, 4.69) is 0 Å². The highest BCUT2D eigenvalue weighted by atomic mass is 127. The van der Waals surface area contributed by atoms with Crippen molar-refractivity contribution in [1.29, 1.82) is 3.56 Å². The van der Waals surface area contributed by atoms with Crippen LogP contribution in [0, 0.1) is 41.8 Å². The fourth-order valence-corrected chi connectivity index (χ4v) is 7.28. The molecule has 0 bridgehead atoms. The maximum absolute atomic E-state index is 10.3. The summed E-state index contributed by atoms with van der Waals surface area (Å²) in [6, 6.07) is 11.9. The van der Waals surface area contributed by atoms with Gasteiger partial charge in [-0.1, -0.05) is 0 Å². The van der Waals surface area contributed by atoms with Crippen molar-refractivity contribution in [2.24, 2.45) is 0 Å². The Hall–Kier alpha value is -2.06. The normalized spacial score (nSPS) is 11.2. The maximum atomic E-state index is 10.3. The lowest BCUT2D eigenvalue weighted by Gasteiger charge is -2.14. The van der Waals surface area contributed by atoms with E-state index in [1.54, 1.807) is 0 Å². The van der Waals surface area contributed by atoms with Crippen LogP contribution in [0.2, 0.25) is 0 Å². The average molecular weight is 522 g/mol. The Bertz CT molecular complexity index is 1020. The summed E-state index contributed by atoms with van der Waals surface area (Å²) in [5, 5.41) is 30.9. The third-order valence-corrected chi connectivity index (χ3v) is 8.49. The molecule has 3 rings (SSSR count). The van der Waals surface area contributed by atoms with Crippen molar-refractivity contribution in [2.45, 2.75) is 49.3 Å². The van der Waals surface area contributed by atoms with E-state index in [-0.39, 0.29) is 5.75 Å². The third-order valence-electron chi connectivity index (χ3n) is 4.97. The van der Waals surface area contributed by atoms with Crippen molar-refractivity contribution in [1.82, 2.24) is 0 Å². The van der Waals surface area contributed by atoms with Crippen molar-refractivity contribution < 1.29 is 15.3 Å². The quantitative estimate of drug-likeness (QED) is 0.238. The number of benzene rings is 3. The van der Waals surface area contributed by atoms with Crippen LogP contribution < -0.4 is 0 Å². The molecule has 4 N–H and O–H groups in total. The number of aromatic hydroxyl groups is 3. The highest BCUT2D eigenvalue weighted by Crippen LogP contribution is 2.40. The lowest BCUT2D eigenvalue weighted by atomic mass is 10.1. The summed E-state index contributed by atoms with van der Waals surface area (Å²) < 4.78 is 8.61. The molecule has 0 fully saturated rings. The number of rotatable bonds is 4. The van der Waals surface area contributed by atoms with Gasteiger partial charge >= 0.3 is 0 Å². The van der Waals surface area contributed by atoms with Crippen LogP contribution in [-0.4, -0.2) is 15.3 Å². The molecule has 0 saturated carbocycles. The molecular formula is C23H25INO3S+. The summed E-state index contributed by atoms with van der Waals surface area (Å²) in [4.78, 5) is 3.14. The van der Waals surface area contributed by atoms with Gasteiger partial charge in [0.2, 0.25) is 0 Å². The SMILES string of the molecule is Cc1cc([S+](c2cc(C)c(O)c(C)c2)c2cc(C)c(O)c(I=N)c2)cc(C)c1O. The second kappa shape index (κ2) is 8.36. The molecule has 0 aliphatic carbocycles. The Morgan fingerprint density at radius 3 is 1.24 bits per heavy atom. The largest absolute Gasteiger partial charge is 0.507 e. The van der Waals surface area contributed by atoms with Crippen LogP contribution >= 0.6 is 21.0 Å². The van der Waals surface area contributed by atoms with Crippen LogP contribution in [0.5, 0.6) is 17.2 Å². The van der Waals surface area contributed by atoms with Gasteiger partial charge in [-0.25, -0.2) is 0 Å². The molecule has 0 radical (unpaired) electrons. The molecule has 0 aromatic heterocycles. The first kappa shape index (κ1) is 21.6. The second-order valence-electron chi connectivity index (χ2n) is 7.28. The van der Waals surface area contributed by atoms with E-state index in [1.165, 1.54) is 0 Å². The van der Waals surface area contributed by atoms with E-state index >= 15 is 0 Å². The predicted molar refractivity (Wildman–Crippen MR) is 126 cm³/mol. The molecule has 0 unspecified atom stereocenters. The van der Waals surface area contributed by atoms with Gasteiger partial charge in [-0.2, -0.15) is 0 Å². The standard InChI is InChI=1S/C23H24INO3S/c1-12-6-17(7-13(2)21(12)26)29(18-8-14(3)22(27)15(4)9-18)19-10-16(5)23(28)20(11-19)24-25/h6-11H,1-5H3,(H3-,25,26,27,28)/p+1. The molecule has 0 aliphatic heterocycles. The first-order chi connectivity index (χ1) is 13.6. The Balaban J connectivity index is 2.34. The minimum absolute atomic E-state index is 0.219. The summed E-state index contributed by atoms with van der Waals surface area (Å²) >= 11 is -1.02. The molecular weight excluding hydrogens is 497 g/mol. The fraction of sp³-hybridized carbons (Fsp3) is 0.217. The van der Waals surface area contributed by atoms with E-state index in [1.807, 2.05) is 71.0 Å². The number of hydrogen-bond donors (Lipinski definition) is 4. The lowest BCUT2D eigenvalue weighted by Crippen LogP contribution is -2.08. The maximum Gasteiger partial charge on any atom is 0.168 e. The fourth-order valence-electron chi connectivity index (χ4n) is 3.37. The zero-order valence-corrected chi connectivity index (χ0v) is 20.1. The average Bonchev–Trinajstić information content (AvgIpc) is 2.66. The van der Waals surface area contributed by atoms with Crippen molar-refractivity contribution in [3.63, 3.8) is 0 Å². The first-order valence-corrected chi connectivity index (χ1v) is 12.5. The topological polar surface area (TPSA) is 84.5 Å². The van der Waals surface area contributed by atoms with Crippen LogP contribution in [0.25, 0.3) is 0 Å². The van der Waals surface area contributed by atoms with E-state index < -0.39 is 31.9 Å². The van der Waals surface area contributed by atoms with Gasteiger partial charge in [0.1, 0.15) is 17.2 Å². The number of hydrogen-bond acceptors (Lipinski definition) is 4. The van der Waals surface area contributed by atoms with Crippen LogP contribution in [-0.2, 0) is 10.9 Å². The van der Waals surface area contributed by atoms with E-state index in [4.69, 9.17) is 3.56 Å². The first-order valence-electron chi connectivity index (χ1n) is 9.13. The summed E-state index contributed by atoms with van der Waals surface area (Å²) in [6.07, 6.45) is 0. The minimum atomic E-state index is -1.02. The predicted octanol–water partition coefficient (Wildman–Crippen LogP) is 6.34. The van der Waals surface area contributed by atoms with Gasteiger partial charge < -0.3 is 15.3 Å². The molecule has 152 valence electrons. The minimum Gasteiger partial charge on any atom is -0.507 e. The Labute approximate surface area is 184 Å². The van der Waals surface area contributed by atoms with Crippen molar-refractivity contribution in [2.75, 3.05) is 0 Å². The van der Waals surface area contributed by atoms with Crippen LogP contribution in [0.15, 0.2) is 51.1 Å². The van der Waals surface area contributed by atoms with Gasteiger partial charge in [0.25, 0.3) is 0 Å². The zero-order chi connectivity index (χ0) is 21.5. The number of phenolic OH excluding ortho intramolecular Hbond substituents is 3. The molecule has 6 heteroatoms. The molecule has 4 nitrogen and oxygen atoms in total. The highest BCUT2D eigenvalue weighted by molar-refractivity contribution is 14.2. The molecule has 0 saturated heterocycles. The molecule has 0 aliphatic rings. The molecule has 3 aromatic carbocycles. The lowest BCUT2D eigenvalue weighted by molar-refractivity contribution is 0.466. The van der Waals surface area contributed by atoms with Gasteiger partial charge in [-0.3, -0.25) is 3.56 Å². The Morgan fingerprint density at radius 1 is 0.586 bits per heavy atom. The monoisotopic (exact) mass is 522 g/mol. The van der Waals surface area contributed by atoms with Gasteiger partial charge in [0.05, 0.1) is 14.5 Å². The number of aryl methyl sites for hydroxylation is 5. The Morgan fingerprint density at radius 2 is 0.897 bits per heavy atom. The van der Waals surface area contributed by atoms with Gasteiger partial charge in [0.15, 0.2) is 14.7 Å². The van der Waals surface area contributed by atoms with Crippen LogP contribution in [0.3, 0.4) is 0 Å². The number of phenols is 3. The summed E-state index contributed by atoms with van der Waals surface area (Å²) in [7, 11) is -0.502. The summed E-state index contributed by atoms with van der Waals surface area (Å²) in [6.45, 7) is 9.43. The van der Waals surface area contributed by atoms with E-state index in [9.17, 15) is 15.3 Å². The summed E-state index contributed by atoms with van der Waals surface area (Å²) in [5.74, 6) is 0.821. The van der Waals surface area contributed by atoms with Gasteiger partial charge in [-0.15, -0.1) is 0 Å². The van der Waals surface area contributed by atoms with E-state index in [0.29, 0.717) is 15.1 Å². The van der Waals surface area contributed by atoms with Crippen molar-refractivity contribution in [3.8, 4) is 17.2 Å². The van der Waals surface area contributed by atoms with Crippen molar-refractivity contribution >= 4 is 31.9 Å². The second-order valence-corrected chi connectivity index (χ2v) is 11.0. The summed E-state index contributed by atoms with van der Waals surface area (Å²) in [5.41, 5.74) is 4.02. The molecule has 0 atom stereocenters. The molecule has 29 heavy (non-hydrogen) atoms. The smallest absolute Gasteiger partial charge is 0.168 e. The van der Waals surface area contributed by atoms with Gasteiger partial charge in [0, 0.05) is 57.4 Å². The van der Waals surface area contributed by atoms with Gasteiger partial charge in [-0.05, 0) is 62.4 Å². The third kappa shape index (κ3) is 4.14. The highest BCUT2D eigenvalue weighted by Gasteiger charge is 2.32. The molecule has 0 spiro atoms. The molecule has 3 aromatic rings. The molecule has 0 amide bonds. The van der Waals surface area contributed by atoms with Crippen LogP contribution in [0.1, 0.15) is 27.8 Å². The number of nitrogens with one attached hydrogen (secondary N) is 1. The van der Waals surface area contributed by atoms with E-state index in [0.717, 1.165) is 42.5 Å². The van der Waals surface area contributed by atoms with Crippen molar-refractivity contribution in [3.05, 3.63) is 67.8 Å².